The fourth-order valence-electron chi connectivity index (χ4n) is 1.39. The summed E-state index contributed by atoms with van der Waals surface area (Å²) in [5, 5.41) is 0.632. The van der Waals surface area contributed by atoms with E-state index in [0.29, 0.717) is 11.9 Å². The van der Waals surface area contributed by atoms with Crippen molar-refractivity contribution in [3.63, 3.8) is 0 Å². The summed E-state index contributed by atoms with van der Waals surface area (Å²) in [6.07, 6.45) is 3.39. The van der Waals surface area contributed by atoms with E-state index < -0.39 is 0 Å². The second-order valence-corrected chi connectivity index (χ2v) is 4.11. The Labute approximate surface area is 108 Å². The van der Waals surface area contributed by atoms with Gasteiger partial charge >= 0.3 is 0 Å². The lowest BCUT2D eigenvalue weighted by Crippen LogP contribution is -1.98. The zero-order valence-corrected chi connectivity index (χ0v) is 10.7. The number of aromatic nitrogens is 1. The summed E-state index contributed by atoms with van der Waals surface area (Å²) in [6, 6.07) is 8.65. The maximum atomic E-state index is 13.6. The van der Waals surface area contributed by atoms with E-state index >= 15 is 0 Å². The number of pyridine rings is 1. The molecule has 88 valence electrons. The van der Waals surface area contributed by atoms with Gasteiger partial charge < -0.3 is 4.74 Å². The maximum absolute atomic E-state index is 13.6. The number of benzene rings is 1. The molecule has 0 amide bonds. The Morgan fingerprint density at radius 3 is 2.76 bits per heavy atom. The molecule has 1 heterocycles. The third-order valence-electron chi connectivity index (χ3n) is 2.27. The summed E-state index contributed by atoms with van der Waals surface area (Å²) < 4.78 is 19.0. The first kappa shape index (κ1) is 12.0. The van der Waals surface area contributed by atoms with Crippen molar-refractivity contribution < 1.29 is 9.13 Å². The summed E-state index contributed by atoms with van der Waals surface area (Å²) in [4.78, 5) is 3.97. The van der Waals surface area contributed by atoms with Gasteiger partial charge in [-0.2, -0.15) is 0 Å². The molecular formula is C13H11BrFNO. The molecule has 0 fully saturated rings. The molecule has 0 unspecified atom stereocenters. The van der Waals surface area contributed by atoms with Crippen LogP contribution in [0, 0.1) is 5.82 Å². The highest BCUT2D eigenvalue weighted by molar-refractivity contribution is 9.08. The highest BCUT2D eigenvalue weighted by Gasteiger charge is 2.04. The molecule has 0 aliphatic carbocycles. The van der Waals surface area contributed by atoms with Gasteiger partial charge in [0.05, 0.1) is 0 Å². The minimum Gasteiger partial charge on any atom is -0.486 e. The fourth-order valence-corrected chi connectivity index (χ4v) is 1.74. The van der Waals surface area contributed by atoms with Crippen LogP contribution in [0.5, 0.6) is 5.75 Å². The molecule has 0 saturated heterocycles. The first-order valence-electron chi connectivity index (χ1n) is 5.15. The predicted molar refractivity (Wildman–Crippen MR) is 67.6 cm³/mol. The van der Waals surface area contributed by atoms with E-state index in [2.05, 4.69) is 20.9 Å². The van der Waals surface area contributed by atoms with Crippen molar-refractivity contribution in [3.05, 3.63) is 59.7 Å². The molecule has 0 radical (unpaired) electrons. The average Bonchev–Trinajstić information content (AvgIpc) is 2.38. The van der Waals surface area contributed by atoms with Crippen LogP contribution in [0.1, 0.15) is 11.1 Å². The van der Waals surface area contributed by atoms with E-state index in [0.717, 1.165) is 11.1 Å². The van der Waals surface area contributed by atoms with E-state index in [1.54, 1.807) is 18.5 Å². The zero-order valence-electron chi connectivity index (χ0n) is 9.07. The molecule has 0 saturated carbocycles. The van der Waals surface area contributed by atoms with Gasteiger partial charge in [-0.1, -0.05) is 28.1 Å². The first-order chi connectivity index (χ1) is 8.29. The SMILES string of the molecule is Fc1cc(CBr)ccc1OCc1cccnc1. The number of ether oxygens (including phenoxy) is 1. The maximum Gasteiger partial charge on any atom is 0.165 e. The van der Waals surface area contributed by atoms with Crippen molar-refractivity contribution in [2.75, 3.05) is 0 Å². The minimum absolute atomic E-state index is 0.263. The third kappa shape index (κ3) is 3.27. The van der Waals surface area contributed by atoms with Crippen LogP contribution in [0.2, 0.25) is 0 Å². The van der Waals surface area contributed by atoms with Crippen LogP contribution in [-0.4, -0.2) is 4.98 Å². The van der Waals surface area contributed by atoms with E-state index in [1.165, 1.54) is 6.07 Å². The molecular weight excluding hydrogens is 285 g/mol. The van der Waals surface area contributed by atoms with Crippen molar-refractivity contribution >= 4 is 15.9 Å². The van der Waals surface area contributed by atoms with Gasteiger partial charge in [0.1, 0.15) is 6.61 Å². The molecule has 1 aromatic carbocycles. The highest BCUT2D eigenvalue weighted by Crippen LogP contribution is 2.20. The van der Waals surface area contributed by atoms with Crippen LogP contribution in [0.15, 0.2) is 42.7 Å². The van der Waals surface area contributed by atoms with Crippen LogP contribution < -0.4 is 4.74 Å². The van der Waals surface area contributed by atoms with Gasteiger partial charge in [0.2, 0.25) is 0 Å². The topological polar surface area (TPSA) is 22.1 Å². The van der Waals surface area contributed by atoms with E-state index in [-0.39, 0.29) is 11.6 Å². The lowest BCUT2D eigenvalue weighted by molar-refractivity contribution is 0.290. The second kappa shape index (κ2) is 5.77. The largest absolute Gasteiger partial charge is 0.486 e. The molecule has 1 aromatic heterocycles. The monoisotopic (exact) mass is 295 g/mol. The minimum atomic E-state index is -0.342. The Hall–Kier alpha value is -1.42. The molecule has 2 nitrogen and oxygen atoms in total. The fraction of sp³-hybridized carbons (Fsp3) is 0.154. The summed E-state index contributed by atoms with van der Waals surface area (Å²) in [5.74, 6) is -0.0793. The summed E-state index contributed by atoms with van der Waals surface area (Å²) >= 11 is 3.28. The van der Waals surface area contributed by atoms with Gasteiger partial charge in [-0.05, 0) is 23.8 Å². The number of nitrogens with zero attached hydrogens (tertiary/aromatic N) is 1. The molecule has 0 bridgehead atoms. The molecule has 17 heavy (non-hydrogen) atoms. The Kier molecular flexibility index (Phi) is 4.09. The van der Waals surface area contributed by atoms with Crippen molar-refractivity contribution in [2.45, 2.75) is 11.9 Å². The standard InChI is InChI=1S/C13H11BrFNO/c14-7-10-3-4-13(12(15)6-10)17-9-11-2-1-5-16-8-11/h1-6,8H,7,9H2. The number of rotatable bonds is 4. The number of hydrogen-bond acceptors (Lipinski definition) is 2. The first-order valence-corrected chi connectivity index (χ1v) is 6.28. The van der Waals surface area contributed by atoms with Crippen LogP contribution in [0.4, 0.5) is 4.39 Å². The summed E-state index contributed by atoms with van der Waals surface area (Å²) in [5.41, 5.74) is 1.80. The molecule has 4 heteroatoms. The lowest BCUT2D eigenvalue weighted by atomic mass is 10.2. The number of alkyl halides is 1. The summed E-state index contributed by atoms with van der Waals surface area (Å²) in [7, 11) is 0. The van der Waals surface area contributed by atoms with Crippen molar-refractivity contribution in [1.82, 2.24) is 4.98 Å². The molecule has 0 N–H and O–H groups in total. The lowest BCUT2D eigenvalue weighted by Gasteiger charge is -2.07. The number of halogens is 2. The number of hydrogen-bond donors (Lipinski definition) is 0. The molecule has 0 aliphatic rings. The average molecular weight is 296 g/mol. The highest BCUT2D eigenvalue weighted by atomic mass is 79.9. The van der Waals surface area contributed by atoms with Gasteiger partial charge in [0.15, 0.2) is 11.6 Å². The second-order valence-electron chi connectivity index (χ2n) is 3.55. The van der Waals surface area contributed by atoms with Crippen molar-refractivity contribution in [3.8, 4) is 5.75 Å². The van der Waals surface area contributed by atoms with Crippen molar-refractivity contribution in [2.24, 2.45) is 0 Å². The van der Waals surface area contributed by atoms with Crippen LogP contribution >= 0.6 is 15.9 Å². The van der Waals surface area contributed by atoms with E-state index in [4.69, 9.17) is 4.74 Å². The van der Waals surface area contributed by atoms with Gasteiger partial charge in [0.25, 0.3) is 0 Å². The van der Waals surface area contributed by atoms with Gasteiger partial charge in [-0.15, -0.1) is 0 Å². The van der Waals surface area contributed by atoms with Gasteiger partial charge in [-0.3, -0.25) is 4.98 Å². The van der Waals surface area contributed by atoms with Gasteiger partial charge in [0, 0.05) is 23.3 Å². The predicted octanol–water partition coefficient (Wildman–Crippen LogP) is 3.69. The normalized spacial score (nSPS) is 10.2. The van der Waals surface area contributed by atoms with Crippen LogP contribution in [0.25, 0.3) is 0 Å². The Bertz CT molecular complexity index is 490. The Balaban J connectivity index is 2.04. The quantitative estimate of drug-likeness (QED) is 0.803. The molecule has 0 aliphatic heterocycles. The third-order valence-corrected chi connectivity index (χ3v) is 2.92. The zero-order chi connectivity index (χ0) is 12.1. The molecule has 2 aromatic rings. The molecule has 0 atom stereocenters. The Morgan fingerprint density at radius 1 is 1.24 bits per heavy atom. The van der Waals surface area contributed by atoms with Crippen LogP contribution in [0.3, 0.4) is 0 Å². The van der Waals surface area contributed by atoms with E-state index in [9.17, 15) is 4.39 Å². The molecule has 0 spiro atoms. The van der Waals surface area contributed by atoms with Gasteiger partial charge in [-0.25, -0.2) is 4.39 Å². The smallest absolute Gasteiger partial charge is 0.165 e. The molecule has 2 rings (SSSR count). The summed E-state index contributed by atoms with van der Waals surface area (Å²) in [6.45, 7) is 0.318. The van der Waals surface area contributed by atoms with Crippen LogP contribution in [-0.2, 0) is 11.9 Å². The van der Waals surface area contributed by atoms with E-state index in [1.807, 2.05) is 18.2 Å². The van der Waals surface area contributed by atoms with Crippen molar-refractivity contribution in [1.29, 1.82) is 0 Å². The Morgan fingerprint density at radius 2 is 2.12 bits per heavy atom.